The van der Waals surface area contributed by atoms with Crippen molar-refractivity contribution in [2.75, 3.05) is 11.9 Å². The highest BCUT2D eigenvalue weighted by Crippen LogP contribution is 2.31. The molecule has 0 spiro atoms. The second kappa shape index (κ2) is 8.47. The number of nitrogens with zero attached hydrogens (tertiary/aromatic N) is 2. The van der Waals surface area contributed by atoms with Gasteiger partial charge in [-0.15, -0.1) is 11.3 Å². The van der Waals surface area contributed by atoms with Crippen LogP contribution in [0.15, 0.2) is 53.0 Å². The van der Waals surface area contributed by atoms with Crippen LogP contribution >= 0.6 is 27.3 Å². The largest absolute Gasteiger partial charge is 0.338 e. The van der Waals surface area contributed by atoms with Crippen molar-refractivity contribution in [3.05, 3.63) is 69.0 Å². The number of anilines is 1. The van der Waals surface area contributed by atoms with Crippen molar-refractivity contribution in [3.63, 3.8) is 0 Å². The fourth-order valence-electron chi connectivity index (χ4n) is 3.40. The highest BCUT2D eigenvalue weighted by atomic mass is 79.9. The molecule has 1 saturated heterocycles. The number of likely N-dealkylation sites (tertiary alicyclic amines) is 1. The zero-order valence-electron chi connectivity index (χ0n) is 15.9. The second-order valence-corrected chi connectivity index (χ2v) is 9.12. The van der Waals surface area contributed by atoms with E-state index in [-0.39, 0.29) is 11.8 Å². The Morgan fingerprint density at radius 1 is 1.24 bits per heavy atom. The van der Waals surface area contributed by atoms with Gasteiger partial charge in [-0.1, -0.05) is 40.2 Å². The summed E-state index contributed by atoms with van der Waals surface area (Å²) in [5, 5.41) is 3.48. The fourth-order valence-corrected chi connectivity index (χ4v) is 4.49. The molecule has 2 aromatic carbocycles. The summed E-state index contributed by atoms with van der Waals surface area (Å²) in [4.78, 5) is 32.1. The summed E-state index contributed by atoms with van der Waals surface area (Å²) in [5.41, 5.74) is 3.41. The zero-order valence-corrected chi connectivity index (χ0v) is 18.3. The number of nitrogens with one attached hydrogen (secondary N) is 1. The third-order valence-corrected chi connectivity index (χ3v) is 6.28. The quantitative estimate of drug-likeness (QED) is 0.554. The van der Waals surface area contributed by atoms with E-state index in [1.165, 1.54) is 11.3 Å². The van der Waals surface area contributed by atoms with Gasteiger partial charge in [0.2, 0.25) is 5.91 Å². The average molecular weight is 470 g/mol. The van der Waals surface area contributed by atoms with Crippen LogP contribution in [0.5, 0.6) is 0 Å². The number of thiazole rings is 1. The van der Waals surface area contributed by atoms with E-state index in [2.05, 4.69) is 26.2 Å². The summed E-state index contributed by atoms with van der Waals surface area (Å²) >= 11 is 4.90. The Hall–Kier alpha value is -2.51. The van der Waals surface area contributed by atoms with Crippen molar-refractivity contribution in [1.29, 1.82) is 0 Å². The Morgan fingerprint density at radius 3 is 2.76 bits per heavy atom. The summed E-state index contributed by atoms with van der Waals surface area (Å²) in [7, 11) is 0. The lowest BCUT2D eigenvalue weighted by Gasteiger charge is -2.15. The Kier molecular flexibility index (Phi) is 5.78. The molecule has 29 heavy (non-hydrogen) atoms. The van der Waals surface area contributed by atoms with Gasteiger partial charge in [0.25, 0.3) is 5.91 Å². The number of carbonyl (C=O) groups is 2. The fraction of sp³-hybridized carbons (Fsp3) is 0.227. The van der Waals surface area contributed by atoms with Crippen LogP contribution in [-0.2, 0) is 11.3 Å². The SMILES string of the molecule is Cc1sc(NC(=O)c2cccc(CN3CCCC3=O)c2)nc1-c1ccc(Br)cc1. The van der Waals surface area contributed by atoms with Crippen LogP contribution in [0.1, 0.15) is 33.6 Å². The summed E-state index contributed by atoms with van der Waals surface area (Å²) < 4.78 is 1.01. The van der Waals surface area contributed by atoms with Gasteiger partial charge >= 0.3 is 0 Å². The number of halogens is 1. The molecule has 7 heteroatoms. The van der Waals surface area contributed by atoms with Crippen molar-refractivity contribution >= 4 is 44.2 Å². The minimum atomic E-state index is -0.198. The molecule has 1 aromatic heterocycles. The molecule has 1 aliphatic rings. The van der Waals surface area contributed by atoms with Crippen LogP contribution in [0.2, 0.25) is 0 Å². The van der Waals surface area contributed by atoms with Crippen molar-refractivity contribution < 1.29 is 9.59 Å². The normalized spacial score (nSPS) is 13.7. The number of aromatic nitrogens is 1. The predicted molar refractivity (Wildman–Crippen MR) is 119 cm³/mol. The maximum absolute atomic E-state index is 12.7. The number of amides is 2. The highest BCUT2D eigenvalue weighted by Gasteiger charge is 2.20. The van der Waals surface area contributed by atoms with Crippen LogP contribution in [0.3, 0.4) is 0 Å². The first-order valence-electron chi connectivity index (χ1n) is 9.41. The van der Waals surface area contributed by atoms with Crippen LogP contribution < -0.4 is 5.32 Å². The van der Waals surface area contributed by atoms with E-state index in [0.29, 0.717) is 23.7 Å². The first-order valence-corrected chi connectivity index (χ1v) is 11.0. The van der Waals surface area contributed by atoms with E-state index in [1.54, 1.807) is 6.07 Å². The molecule has 1 N–H and O–H groups in total. The van der Waals surface area contributed by atoms with Gasteiger partial charge in [0.15, 0.2) is 5.13 Å². The van der Waals surface area contributed by atoms with Crippen LogP contribution in [0, 0.1) is 6.92 Å². The van der Waals surface area contributed by atoms with E-state index in [1.807, 2.05) is 54.3 Å². The molecule has 0 unspecified atom stereocenters. The molecular formula is C22H20BrN3O2S. The molecule has 1 aliphatic heterocycles. The van der Waals surface area contributed by atoms with Gasteiger partial charge in [-0.05, 0) is 43.2 Å². The Balaban J connectivity index is 1.48. The number of benzene rings is 2. The van der Waals surface area contributed by atoms with Crippen molar-refractivity contribution in [2.45, 2.75) is 26.3 Å². The van der Waals surface area contributed by atoms with Gasteiger partial charge in [-0.25, -0.2) is 4.98 Å². The molecule has 0 atom stereocenters. The smallest absolute Gasteiger partial charge is 0.257 e. The van der Waals surface area contributed by atoms with Gasteiger partial charge in [-0.2, -0.15) is 0 Å². The molecule has 5 nitrogen and oxygen atoms in total. The minimum absolute atomic E-state index is 0.179. The minimum Gasteiger partial charge on any atom is -0.338 e. The van der Waals surface area contributed by atoms with Crippen molar-refractivity contribution in [3.8, 4) is 11.3 Å². The second-order valence-electron chi connectivity index (χ2n) is 7.00. The van der Waals surface area contributed by atoms with Crippen LogP contribution in [0.4, 0.5) is 5.13 Å². The number of rotatable bonds is 5. The highest BCUT2D eigenvalue weighted by molar-refractivity contribution is 9.10. The Morgan fingerprint density at radius 2 is 2.03 bits per heavy atom. The molecule has 4 rings (SSSR count). The van der Waals surface area contributed by atoms with E-state index in [4.69, 9.17) is 0 Å². The maximum atomic E-state index is 12.7. The third kappa shape index (κ3) is 4.57. The Labute approximate surface area is 181 Å². The summed E-state index contributed by atoms with van der Waals surface area (Å²) in [6.07, 6.45) is 1.52. The van der Waals surface area contributed by atoms with Gasteiger partial charge in [0, 0.05) is 40.0 Å². The molecule has 148 valence electrons. The maximum Gasteiger partial charge on any atom is 0.257 e. The number of hydrogen-bond acceptors (Lipinski definition) is 4. The summed E-state index contributed by atoms with van der Waals surface area (Å²) in [5.74, 6) is -0.0192. The van der Waals surface area contributed by atoms with Crippen molar-refractivity contribution in [2.24, 2.45) is 0 Å². The molecular weight excluding hydrogens is 450 g/mol. The van der Waals surface area contributed by atoms with Gasteiger partial charge in [0.05, 0.1) is 5.69 Å². The topological polar surface area (TPSA) is 62.3 Å². The lowest BCUT2D eigenvalue weighted by molar-refractivity contribution is -0.128. The van der Waals surface area contributed by atoms with E-state index in [0.717, 1.165) is 39.1 Å². The van der Waals surface area contributed by atoms with Crippen LogP contribution in [-0.4, -0.2) is 28.2 Å². The molecule has 0 radical (unpaired) electrons. The average Bonchev–Trinajstić information content (AvgIpc) is 3.28. The van der Waals surface area contributed by atoms with E-state index >= 15 is 0 Å². The summed E-state index contributed by atoms with van der Waals surface area (Å²) in [6.45, 7) is 3.33. The lowest BCUT2D eigenvalue weighted by atomic mass is 10.1. The number of carbonyl (C=O) groups excluding carboxylic acids is 2. The third-order valence-electron chi connectivity index (χ3n) is 4.87. The first-order chi connectivity index (χ1) is 14.0. The molecule has 2 amide bonds. The molecule has 1 fully saturated rings. The van der Waals surface area contributed by atoms with Gasteiger partial charge < -0.3 is 4.90 Å². The number of hydrogen-bond donors (Lipinski definition) is 1. The van der Waals surface area contributed by atoms with E-state index in [9.17, 15) is 9.59 Å². The predicted octanol–water partition coefficient (Wildman–Crippen LogP) is 5.26. The Bertz CT molecular complexity index is 1060. The lowest BCUT2D eigenvalue weighted by Crippen LogP contribution is -2.24. The first kappa shape index (κ1) is 19.8. The molecule has 3 aromatic rings. The molecule has 0 bridgehead atoms. The summed E-state index contributed by atoms with van der Waals surface area (Å²) in [6, 6.07) is 15.4. The van der Waals surface area contributed by atoms with Gasteiger partial charge in [0.1, 0.15) is 0 Å². The monoisotopic (exact) mass is 469 g/mol. The van der Waals surface area contributed by atoms with Crippen molar-refractivity contribution in [1.82, 2.24) is 9.88 Å². The molecule has 0 aliphatic carbocycles. The molecule has 0 saturated carbocycles. The number of aryl methyl sites for hydroxylation is 1. The zero-order chi connectivity index (χ0) is 20.4. The molecule has 2 heterocycles. The van der Waals surface area contributed by atoms with E-state index < -0.39 is 0 Å². The van der Waals surface area contributed by atoms with Gasteiger partial charge in [-0.3, -0.25) is 14.9 Å². The standard InChI is InChI=1S/C22H20BrN3O2S/c1-14-20(16-7-9-18(23)10-8-16)24-22(29-14)25-21(28)17-5-2-4-15(12-17)13-26-11-3-6-19(26)27/h2,4-5,7-10,12H,3,6,11,13H2,1H3,(H,24,25,28). The van der Waals surface area contributed by atoms with Crippen LogP contribution in [0.25, 0.3) is 11.3 Å².